The second-order valence-corrected chi connectivity index (χ2v) is 12.9. The third-order valence-electron chi connectivity index (χ3n) is 4.80. The molecule has 0 saturated heterocycles. The first-order chi connectivity index (χ1) is 11.8. The van der Waals surface area contributed by atoms with Crippen molar-refractivity contribution in [3.05, 3.63) is 41.6 Å². The molecule has 142 valence electrons. The summed E-state index contributed by atoms with van der Waals surface area (Å²) in [5, 5.41) is 0.222. The molecule has 5 heteroatoms. The molecule has 0 aliphatic carbocycles. The Hall–Kier alpha value is -1.80. The standard InChI is InChI=1S/C21H30NO3P/c1-15-9-10-16(11-12-18(23)25-8)19-17(15)13-14-22(19)26(24,20(2,3)4)21(5,6)7/h9-14H,1-8H3/b12-11+. The Morgan fingerprint density at radius 2 is 1.65 bits per heavy atom. The number of hydrogen-bond acceptors (Lipinski definition) is 3. The van der Waals surface area contributed by atoms with Gasteiger partial charge >= 0.3 is 5.97 Å². The van der Waals surface area contributed by atoms with Crippen LogP contribution in [-0.4, -0.2) is 27.7 Å². The minimum atomic E-state index is -2.87. The third-order valence-corrected chi connectivity index (χ3v) is 9.38. The van der Waals surface area contributed by atoms with Gasteiger partial charge in [0.25, 0.3) is 0 Å². The van der Waals surface area contributed by atoms with Crippen molar-refractivity contribution in [1.29, 1.82) is 0 Å². The summed E-state index contributed by atoms with van der Waals surface area (Å²) in [5.74, 6) is -0.411. The molecular formula is C21H30NO3P. The zero-order valence-electron chi connectivity index (χ0n) is 17.1. The number of carbonyl (C=O) groups is 1. The summed E-state index contributed by atoms with van der Waals surface area (Å²) in [6.07, 6.45) is 5.07. The molecule has 0 aliphatic rings. The van der Waals surface area contributed by atoms with Crippen LogP contribution in [0, 0.1) is 6.92 Å². The summed E-state index contributed by atoms with van der Waals surface area (Å²) in [4.78, 5) is 11.6. The van der Waals surface area contributed by atoms with Gasteiger partial charge in [-0.15, -0.1) is 0 Å². The van der Waals surface area contributed by atoms with Crippen molar-refractivity contribution in [2.75, 3.05) is 7.11 Å². The summed E-state index contributed by atoms with van der Waals surface area (Å²) in [5.41, 5.74) is 2.87. The van der Waals surface area contributed by atoms with Gasteiger partial charge in [0.15, 0.2) is 7.29 Å². The first-order valence-electron chi connectivity index (χ1n) is 8.82. The van der Waals surface area contributed by atoms with Crippen molar-refractivity contribution in [1.82, 2.24) is 4.34 Å². The van der Waals surface area contributed by atoms with Crippen molar-refractivity contribution >= 4 is 30.2 Å². The summed E-state index contributed by atoms with van der Waals surface area (Å²) >= 11 is 0. The molecule has 0 unspecified atom stereocenters. The zero-order chi connectivity index (χ0) is 19.9. The lowest BCUT2D eigenvalue weighted by Crippen LogP contribution is -2.32. The number of hydrogen-bond donors (Lipinski definition) is 0. The number of fused-ring (bicyclic) bond motifs is 1. The van der Waals surface area contributed by atoms with Gasteiger partial charge in [0, 0.05) is 28.0 Å². The number of methoxy groups -OCH3 is 1. The Morgan fingerprint density at radius 3 is 2.15 bits per heavy atom. The molecule has 0 bridgehead atoms. The van der Waals surface area contributed by atoms with E-state index in [2.05, 4.69) is 0 Å². The van der Waals surface area contributed by atoms with Gasteiger partial charge in [0.2, 0.25) is 0 Å². The van der Waals surface area contributed by atoms with E-state index in [-0.39, 0.29) is 0 Å². The Balaban J connectivity index is 2.88. The maximum absolute atomic E-state index is 14.4. The van der Waals surface area contributed by atoms with Crippen LogP contribution in [0.15, 0.2) is 30.5 Å². The van der Waals surface area contributed by atoms with Crippen LogP contribution in [0.2, 0.25) is 0 Å². The fourth-order valence-corrected chi connectivity index (χ4v) is 7.72. The number of rotatable bonds is 3. The monoisotopic (exact) mass is 375 g/mol. The minimum Gasteiger partial charge on any atom is -0.466 e. The maximum atomic E-state index is 14.4. The van der Waals surface area contributed by atoms with Gasteiger partial charge in [-0.3, -0.25) is 8.90 Å². The van der Waals surface area contributed by atoms with Gasteiger partial charge < -0.3 is 4.74 Å². The Bertz CT molecular complexity index is 890. The van der Waals surface area contributed by atoms with E-state index in [4.69, 9.17) is 4.74 Å². The van der Waals surface area contributed by atoms with Gasteiger partial charge in [-0.2, -0.15) is 0 Å². The zero-order valence-corrected chi connectivity index (χ0v) is 18.0. The number of aromatic nitrogens is 1. The quantitative estimate of drug-likeness (QED) is 0.383. The number of ether oxygens (including phenoxy) is 1. The molecule has 4 nitrogen and oxygen atoms in total. The average Bonchev–Trinajstić information content (AvgIpc) is 2.97. The molecule has 1 aromatic carbocycles. The lowest BCUT2D eigenvalue weighted by Gasteiger charge is -2.42. The highest BCUT2D eigenvalue weighted by atomic mass is 31.2. The molecule has 0 spiro atoms. The fraction of sp³-hybridized carbons (Fsp3) is 0.476. The van der Waals surface area contributed by atoms with Gasteiger partial charge in [-0.25, -0.2) is 4.79 Å². The number of esters is 1. The van der Waals surface area contributed by atoms with Crippen LogP contribution in [-0.2, 0) is 14.1 Å². The van der Waals surface area contributed by atoms with E-state index in [1.54, 1.807) is 6.08 Å². The van der Waals surface area contributed by atoms with Gasteiger partial charge in [0.1, 0.15) is 0 Å². The summed E-state index contributed by atoms with van der Waals surface area (Å²) in [6.45, 7) is 14.2. The van der Waals surface area contributed by atoms with Crippen LogP contribution in [0.3, 0.4) is 0 Å². The van der Waals surface area contributed by atoms with Crippen LogP contribution in [0.5, 0.6) is 0 Å². The van der Waals surface area contributed by atoms with Crippen LogP contribution in [0.25, 0.3) is 17.0 Å². The first kappa shape index (κ1) is 20.5. The fourth-order valence-electron chi connectivity index (χ4n) is 3.66. The van der Waals surface area contributed by atoms with E-state index in [0.29, 0.717) is 0 Å². The van der Waals surface area contributed by atoms with Crippen molar-refractivity contribution in [2.45, 2.75) is 58.8 Å². The van der Waals surface area contributed by atoms with Crippen LogP contribution < -0.4 is 0 Å². The second kappa shape index (κ2) is 6.74. The molecule has 0 N–H and O–H groups in total. The Morgan fingerprint density at radius 1 is 1.08 bits per heavy atom. The second-order valence-electron chi connectivity index (χ2n) is 8.67. The molecule has 0 radical (unpaired) electrons. The Labute approximate surface area is 156 Å². The Kier molecular flexibility index (Phi) is 5.31. The smallest absolute Gasteiger partial charge is 0.330 e. The number of aryl methyl sites for hydroxylation is 1. The molecule has 2 aromatic rings. The molecule has 0 amide bonds. The van der Waals surface area contributed by atoms with Crippen molar-refractivity contribution < 1.29 is 14.1 Å². The lowest BCUT2D eigenvalue weighted by atomic mass is 10.1. The molecule has 26 heavy (non-hydrogen) atoms. The summed E-state index contributed by atoms with van der Waals surface area (Å²) in [6, 6.07) is 6.00. The van der Waals surface area contributed by atoms with Gasteiger partial charge in [-0.1, -0.05) is 53.7 Å². The first-order valence-corrected chi connectivity index (χ1v) is 10.5. The van der Waals surface area contributed by atoms with E-state index in [0.717, 1.165) is 22.0 Å². The predicted octanol–water partition coefficient (Wildman–Crippen LogP) is 5.86. The van der Waals surface area contributed by atoms with Crippen LogP contribution in [0.1, 0.15) is 52.7 Å². The van der Waals surface area contributed by atoms with Crippen LogP contribution >= 0.6 is 7.29 Å². The van der Waals surface area contributed by atoms with Crippen molar-refractivity contribution in [2.24, 2.45) is 0 Å². The normalized spacial score (nSPS) is 13.5. The summed E-state index contributed by atoms with van der Waals surface area (Å²) < 4.78 is 21.1. The maximum Gasteiger partial charge on any atom is 0.330 e. The highest BCUT2D eigenvalue weighted by molar-refractivity contribution is 7.65. The van der Waals surface area contributed by atoms with E-state index >= 15 is 0 Å². The third kappa shape index (κ3) is 3.27. The number of carbonyl (C=O) groups excluding carboxylic acids is 1. The molecule has 0 saturated carbocycles. The predicted molar refractivity (Wildman–Crippen MR) is 110 cm³/mol. The van der Waals surface area contributed by atoms with Gasteiger partial charge in [-0.05, 0) is 30.2 Å². The van der Waals surface area contributed by atoms with Crippen molar-refractivity contribution in [3.63, 3.8) is 0 Å². The molecule has 2 rings (SSSR count). The SMILES string of the molecule is COC(=O)/C=C/c1ccc(C)c2ccn(P(=O)(C(C)(C)C)C(C)(C)C)c12. The largest absolute Gasteiger partial charge is 0.466 e. The van der Waals surface area contributed by atoms with Crippen LogP contribution in [0.4, 0.5) is 0 Å². The average molecular weight is 375 g/mol. The minimum absolute atomic E-state index is 0.411. The van der Waals surface area contributed by atoms with E-state index < -0.39 is 23.6 Å². The van der Waals surface area contributed by atoms with E-state index in [9.17, 15) is 9.36 Å². The molecular weight excluding hydrogens is 345 g/mol. The number of nitrogens with zero attached hydrogens (tertiary/aromatic N) is 1. The number of benzene rings is 1. The highest BCUT2D eigenvalue weighted by Crippen LogP contribution is 2.68. The van der Waals surface area contributed by atoms with Crippen molar-refractivity contribution in [3.8, 4) is 0 Å². The molecule has 0 fully saturated rings. The lowest BCUT2D eigenvalue weighted by molar-refractivity contribution is -0.134. The van der Waals surface area contributed by atoms with Gasteiger partial charge in [0.05, 0.1) is 12.6 Å². The van der Waals surface area contributed by atoms with E-state index in [1.165, 1.54) is 13.2 Å². The molecule has 1 heterocycles. The van der Waals surface area contributed by atoms with E-state index in [1.807, 2.05) is 77.2 Å². The highest BCUT2D eigenvalue weighted by Gasteiger charge is 2.48. The topological polar surface area (TPSA) is 48.3 Å². The molecule has 1 aromatic heterocycles. The molecule has 0 atom stereocenters. The molecule has 0 aliphatic heterocycles. The summed E-state index contributed by atoms with van der Waals surface area (Å²) in [7, 11) is -1.52.